The summed E-state index contributed by atoms with van der Waals surface area (Å²) in [6, 6.07) is 17.7. The molecule has 0 spiro atoms. The number of amides is 1. The standard InChI is InChI=1S/C21H18BrClN2O4S/c1-2-29-19-12-7-14(22)13-20(19)30(27,28)25-18-6-4-3-5-17(18)21(26)24-16-10-8-15(23)9-11-16/h3-13,25H,2H2,1H3,(H,24,26). The van der Waals surface area contributed by atoms with Gasteiger partial charge in [0.2, 0.25) is 0 Å². The highest BCUT2D eigenvalue weighted by atomic mass is 79.9. The number of nitrogens with one attached hydrogen (secondary N) is 2. The van der Waals surface area contributed by atoms with E-state index in [-0.39, 0.29) is 21.9 Å². The van der Waals surface area contributed by atoms with Crippen molar-refractivity contribution in [2.75, 3.05) is 16.6 Å². The summed E-state index contributed by atoms with van der Waals surface area (Å²) < 4.78 is 34.7. The van der Waals surface area contributed by atoms with Gasteiger partial charge in [0, 0.05) is 15.2 Å². The molecule has 0 heterocycles. The number of carbonyl (C=O) groups excluding carboxylic acids is 1. The van der Waals surface area contributed by atoms with Gasteiger partial charge in [0.25, 0.3) is 15.9 Å². The van der Waals surface area contributed by atoms with E-state index in [0.29, 0.717) is 21.8 Å². The highest BCUT2D eigenvalue weighted by molar-refractivity contribution is 9.10. The molecular weight excluding hydrogens is 492 g/mol. The van der Waals surface area contributed by atoms with Crippen molar-refractivity contribution in [3.63, 3.8) is 0 Å². The Balaban J connectivity index is 1.91. The lowest BCUT2D eigenvalue weighted by molar-refractivity contribution is 0.102. The van der Waals surface area contributed by atoms with E-state index in [4.69, 9.17) is 16.3 Å². The molecule has 3 aromatic rings. The first-order chi connectivity index (χ1) is 14.3. The summed E-state index contributed by atoms with van der Waals surface area (Å²) in [4.78, 5) is 12.7. The average molecular weight is 510 g/mol. The third kappa shape index (κ3) is 5.33. The molecular formula is C21H18BrClN2O4S. The van der Waals surface area contributed by atoms with Crippen LogP contribution in [0.15, 0.2) is 76.1 Å². The van der Waals surface area contributed by atoms with Gasteiger partial charge < -0.3 is 10.1 Å². The third-order valence-electron chi connectivity index (χ3n) is 4.01. The van der Waals surface area contributed by atoms with Gasteiger partial charge in [0.05, 0.1) is 17.9 Å². The van der Waals surface area contributed by atoms with Crippen LogP contribution in [0.2, 0.25) is 5.02 Å². The van der Waals surface area contributed by atoms with Crippen LogP contribution in [-0.4, -0.2) is 20.9 Å². The highest BCUT2D eigenvalue weighted by Gasteiger charge is 2.23. The van der Waals surface area contributed by atoms with Crippen molar-refractivity contribution in [3.05, 3.63) is 81.8 Å². The number of halogens is 2. The molecule has 0 fully saturated rings. The summed E-state index contributed by atoms with van der Waals surface area (Å²) in [6.45, 7) is 2.08. The molecule has 9 heteroatoms. The molecule has 1 amide bonds. The molecule has 2 N–H and O–H groups in total. The number of rotatable bonds is 7. The van der Waals surface area contributed by atoms with E-state index >= 15 is 0 Å². The first kappa shape index (κ1) is 22.1. The van der Waals surface area contributed by atoms with Crippen molar-refractivity contribution in [1.29, 1.82) is 0 Å². The third-order valence-corrected chi connectivity index (χ3v) is 6.15. The molecule has 0 aliphatic heterocycles. The van der Waals surface area contributed by atoms with E-state index in [1.165, 1.54) is 18.2 Å². The van der Waals surface area contributed by atoms with Gasteiger partial charge in [-0.2, -0.15) is 0 Å². The monoisotopic (exact) mass is 508 g/mol. The number of hydrogen-bond acceptors (Lipinski definition) is 4. The summed E-state index contributed by atoms with van der Waals surface area (Å²) >= 11 is 9.15. The lowest BCUT2D eigenvalue weighted by Gasteiger charge is -2.15. The van der Waals surface area contributed by atoms with Crippen LogP contribution < -0.4 is 14.8 Å². The SMILES string of the molecule is CCOc1ccc(Br)cc1S(=O)(=O)Nc1ccccc1C(=O)Nc1ccc(Cl)cc1. The van der Waals surface area contributed by atoms with Crippen LogP contribution in [0.25, 0.3) is 0 Å². The fourth-order valence-electron chi connectivity index (χ4n) is 2.67. The van der Waals surface area contributed by atoms with E-state index in [1.54, 1.807) is 55.5 Å². The summed E-state index contributed by atoms with van der Waals surface area (Å²) in [5.41, 5.74) is 0.850. The zero-order valence-electron chi connectivity index (χ0n) is 15.9. The predicted molar refractivity (Wildman–Crippen MR) is 122 cm³/mol. The maximum Gasteiger partial charge on any atom is 0.265 e. The van der Waals surface area contributed by atoms with Gasteiger partial charge in [-0.05, 0) is 61.5 Å². The topological polar surface area (TPSA) is 84.5 Å². The first-order valence-corrected chi connectivity index (χ1v) is 11.6. The van der Waals surface area contributed by atoms with Crippen LogP contribution in [0.3, 0.4) is 0 Å². The van der Waals surface area contributed by atoms with Gasteiger partial charge in [-0.25, -0.2) is 8.42 Å². The minimum Gasteiger partial charge on any atom is -0.492 e. The van der Waals surface area contributed by atoms with E-state index < -0.39 is 15.9 Å². The quantitative estimate of drug-likeness (QED) is 0.437. The Morgan fingerprint density at radius 2 is 1.77 bits per heavy atom. The lowest BCUT2D eigenvalue weighted by atomic mass is 10.1. The molecule has 0 unspecified atom stereocenters. The molecule has 0 aliphatic rings. The highest BCUT2D eigenvalue weighted by Crippen LogP contribution is 2.30. The number of benzene rings is 3. The Morgan fingerprint density at radius 3 is 2.47 bits per heavy atom. The minimum absolute atomic E-state index is 0.0355. The maximum absolute atomic E-state index is 13.1. The normalized spacial score (nSPS) is 11.0. The van der Waals surface area contributed by atoms with Gasteiger partial charge in [-0.1, -0.05) is 39.7 Å². The summed E-state index contributed by atoms with van der Waals surface area (Å²) in [6.07, 6.45) is 0. The van der Waals surface area contributed by atoms with Crippen molar-refractivity contribution >= 4 is 54.8 Å². The zero-order valence-corrected chi connectivity index (χ0v) is 19.0. The van der Waals surface area contributed by atoms with Gasteiger partial charge in [-0.15, -0.1) is 0 Å². The molecule has 156 valence electrons. The van der Waals surface area contributed by atoms with Crippen LogP contribution in [0, 0.1) is 0 Å². The Labute approximate surface area is 188 Å². The Hall–Kier alpha value is -2.55. The average Bonchev–Trinajstić information content (AvgIpc) is 2.71. The van der Waals surface area contributed by atoms with Gasteiger partial charge in [-0.3, -0.25) is 9.52 Å². The van der Waals surface area contributed by atoms with Crippen molar-refractivity contribution < 1.29 is 17.9 Å². The van der Waals surface area contributed by atoms with Crippen LogP contribution in [0.4, 0.5) is 11.4 Å². The lowest BCUT2D eigenvalue weighted by Crippen LogP contribution is -2.19. The summed E-state index contributed by atoms with van der Waals surface area (Å²) in [7, 11) is -4.03. The number of carbonyl (C=O) groups is 1. The van der Waals surface area contributed by atoms with E-state index in [9.17, 15) is 13.2 Å². The zero-order chi connectivity index (χ0) is 21.7. The van der Waals surface area contributed by atoms with Crippen LogP contribution in [-0.2, 0) is 10.0 Å². The van der Waals surface area contributed by atoms with Gasteiger partial charge in [0.15, 0.2) is 0 Å². The number of sulfonamides is 1. The smallest absolute Gasteiger partial charge is 0.265 e. The first-order valence-electron chi connectivity index (χ1n) is 8.91. The molecule has 0 bridgehead atoms. The second-order valence-corrected chi connectivity index (χ2v) is 9.14. The summed E-state index contributed by atoms with van der Waals surface area (Å²) in [5, 5.41) is 3.27. The van der Waals surface area contributed by atoms with Crippen molar-refractivity contribution in [2.45, 2.75) is 11.8 Å². The fourth-order valence-corrected chi connectivity index (χ4v) is 4.56. The molecule has 0 aliphatic carbocycles. The summed E-state index contributed by atoms with van der Waals surface area (Å²) in [5.74, 6) is -0.244. The van der Waals surface area contributed by atoms with E-state index in [1.807, 2.05) is 0 Å². The van der Waals surface area contributed by atoms with Crippen LogP contribution in [0.5, 0.6) is 5.75 Å². The number of ether oxygens (including phenoxy) is 1. The second kappa shape index (κ2) is 9.51. The molecule has 3 aromatic carbocycles. The van der Waals surface area contributed by atoms with Crippen molar-refractivity contribution in [2.24, 2.45) is 0 Å². The predicted octanol–water partition coefficient (Wildman–Crippen LogP) is 5.55. The molecule has 0 atom stereocenters. The van der Waals surface area contributed by atoms with E-state index in [0.717, 1.165) is 0 Å². The maximum atomic E-state index is 13.1. The molecule has 0 saturated carbocycles. The van der Waals surface area contributed by atoms with Crippen molar-refractivity contribution in [3.8, 4) is 5.75 Å². The molecule has 0 saturated heterocycles. The minimum atomic E-state index is -4.03. The van der Waals surface area contributed by atoms with Gasteiger partial charge in [0.1, 0.15) is 10.6 Å². The van der Waals surface area contributed by atoms with E-state index in [2.05, 4.69) is 26.0 Å². The molecule has 30 heavy (non-hydrogen) atoms. The largest absolute Gasteiger partial charge is 0.492 e. The number of hydrogen-bond donors (Lipinski definition) is 2. The molecule has 0 radical (unpaired) electrons. The second-order valence-electron chi connectivity index (χ2n) is 6.14. The molecule has 0 aromatic heterocycles. The van der Waals surface area contributed by atoms with Crippen LogP contribution in [0.1, 0.15) is 17.3 Å². The van der Waals surface area contributed by atoms with Crippen molar-refractivity contribution in [1.82, 2.24) is 0 Å². The molecule has 6 nitrogen and oxygen atoms in total. The molecule has 3 rings (SSSR count). The Bertz CT molecular complexity index is 1170. The van der Waals surface area contributed by atoms with Crippen LogP contribution >= 0.6 is 27.5 Å². The Morgan fingerprint density at radius 1 is 1.07 bits per heavy atom. The van der Waals surface area contributed by atoms with Gasteiger partial charge >= 0.3 is 0 Å². The number of anilines is 2. The fraction of sp³-hybridized carbons (Fsp3) is 0.0952. The Kier molecular flexibility index (Phi) is 7.02. The number of para-hydroxylation sites is 1.